The summed E-state index contributed by atoms with van der Waals surface area (Å²) in [6.45, 7) is 4.49. The zero-order valence-electron chi connectivity index (χ0n) is 15.1. The average Bonchev–Trinajstić information content (AvgIpc) is 2.63. The first-order valence-electron chi connectivity index (χ1n) is 8.60. The van der Waals surface area contributed by atoms with E-state index in [0.29, 0.717) is 30.0 Å². The van der Waals surface area contributed by atoms with Gasteiger partial charge in [0.05, 0.1) is 7.11 Å². The van der Waals surface area contributed by atoms with Gasteiger partial charge in [-0.25, -0.2) is 4.79 Å². The number of hydrogen-bond donors (Lipinski definition) is 1. The minimum absolute atomic E-state index is 0.138. The molecule has 26 heavy (non-hydrogen) atoms. The lowest BCUT2D eigenvalue weighted by Gasteiger charge is -2.32. The second-order valence-corrected chi connectivity index (χ2v) is 6.41. The molecule has 0 radical (unpaired) electrons. The number of benzene rings is 1. The van der Waals surface area contributed by atoms with Crippen LogP contribution in [0.5, 0.6) is 5.75 Å². The van der Waals surface area contributed by atoms with Crippen molar-refractivity contribution in [2.45, 2.75) is 32.7 Å². The van der Waals surface area contributed by atoms with Gasteiger partial charge in [-0.05, 0) is 38.0 Å². The fourth-order valence-corrected chi connectivity index (χ4v) is 3.29. The third-order valence-corrected chi connectivity index (χ3v) is 4.90. The van der Waals surface area contributed by atoms with Crippen molar-refractivity contribution in [1.82, 2.24) is 10.2 Å². The summed E-state index contributed by atoms with van der Waals surface area (Å²) in [6.07, 6.45) is 0.435. The smallest absolute Gasteiger partial charge is 0.339 e. The van der Waals surface area contributed by atoms with Crippen LogP contribution in [0.1, 0.15) is 24.5 Å². The molecule has 0 bridgehead atoms. The highest BCUT2D eigenvalue weighted by Gasteiger charge is 2.29. The number of methoxy groups -OCH3 is 1. The van der Waals surface area contributed by atoms with Crippen LogP contribution < -0.4 is 15.7 Å². The Kier molecular flexibility index (Phi) is 4.97. The lowest BCUT2D eigenvalue weighted by Crippen LogP contribution is -2.55. The molecule has 1 aliphatic rings. The van der Waals surface area contributed by atoms with E-state index in [4.69, 9.17) is 9.15 Å². The van der Waals surface area contributed by atoms with E-state index in [-0.39, 0.29) is 24.7 Å². The van der Waals surface area contributed by atoms with Crippen molar-refractivity contribution in [2.75, 3.05) is 20.2 Å². The molecule has 1 aliphatic heterocycles. The van der Waals surface area contributed by atoms with Crippen molar-refractivity contribution in [1.29, 1.82) is 0 Å². The summed E-state index contributed by atoms with van der Waals surface area (Å²) in [7, 11) is 1.55. The van der Waals surface area contributed by atoms with Gasteiger partial charge in [-0.15, -0.1) is 0 Å². The van der Waals surface area contributed by atoms with Gasteiger partial charge < -0.3 is 19.4 Å². The molecule has 1 saturated heterocycles. The molecule has 1 aromatic heterocycles. The first-order valence-corrected chi connectivity index (χ1v) is 8.60. The average molecular weight is 358 g/mol. The molecule has 0 saturated carbocycles. The van der Waals surface area contributed by atoms with Crippen molar-refractivity contribution < 1.29 is 18.7 Å². The van der Waals surface area contributed by atoms with Crippen LogP contribution >= 0.6 is 0 Å². The zero-order chi connectivity index (χ0) is 18.8. The fraction of sp³-hybridized carbons (Fsp3) is 0.421. The molecule has 0 aliphatic carbocycles. The number of fused-ring (bicyclic) bond motifs is 1. The lowest BCUT2D eigenvalue weighted by atomic mass is 10.0. The summed E-state index contributed by atoms with van der Waals surface area (Å²) in [4.78, 5) is 38.1. The number of amides is 2. The number of nitrogens with zero attached hydrogens (tertiary/aromatic N) is 1. The van der Waals surface area contributed by atoms with E-state index in [9.17, 15) is 14.4 Å². The Hall–Kier alpha value is -2.83. The monoisotopic (exact) mass is 358 g/mol. The predicted octanol–water partition coefficient (Wildman–Crippen LogP) is 1.39. The van der Waals surface area contributed by atoms with Crippen LogP contribution in [-0.4, -0.2) is 43.0 Å². The summed E-state index contributed by atoms with van der Waals surface area (Å²) >= 11 is 0. The molecule has 1 N–H and O–H groups in total. The maximum absolute atomic E-state index is 12.5. The second kappa shape index (κ2) is 7.19. The third-order valence-electron chi connectivity index (χ3n) is 4.90. The molecule has 1 aromatic carbocycles. The zero-order valence-corrected chi connectivity index (χ0v) is 15.1. The van der Waals surface area contributed by atoms with Crippen LogP contribution in [0, 0.1) is 6.92 Å². The molecule has 2 heterocycles. The van der Waals surface area contributed by atoms with Crippen molar-refractivity contribution in [3.05, 3.63) is 39.7 Å². The number of nitrogens with one attached hydrogen (secondary N) is 1. The van der Waals surface area contributed by atoms with Crippen LogP contribution in [0.3, 0.4) is 0 Å². The number of carbonyl (C=O) groups is 2. The Morgan fingerprint density at radius 2 is 2.15 bits per heavy atom. The Balaban J connectivity index is 1.81. The molecular formula is C19H22N2O5. The molecule has 138 valence electrons. The van der Waals surface area contributed by atoms with E-state index in [1.54, 1.807) is 31.1 Å². The summed E-state index contributed by atoms with van der Waals surface area (Å²) < 4.78 is 10.6. The first-order chi connectivity index (χ1) is 12.4. The van der Waals surface area contributed by atoms with Gasteiger partial charge in [0.15, 0.2) is 0 Å². The Morgan fingerprint density at radius 1 is 1.38 bits per heavy atom. The van der Waals surface area contributed by atoms with Gasteiger partial charge in [0.25, 0.3) is 0 Å². The van der Waals surface area contributed by atoms with Crippen molar-refractivity contribution in [3.63, 3.8) is 0 Å². The quantitative estimate of drug-likeness (QED) is 0.835. The summed E-state index contributed by atoms with van der Waals surface area (Å²) in [5.74, 6) is 0.321. The van der Waals surface area contributed by atoms with Crippen molar-refractivity contribution in [3.8, 4) is 5.75 Å². The number of ether oxygens (including phenoxy) is 1. The van der Waals surface area contributed by atoms with Gasteiger partial charge in [-0.1, -0.05) is 0 Å². The first kappa shape index (κ1) is 18.0. The third kappa shape index (κ3) is 3.29. The van der Waals surface area contributed by atoms with Crippen LogP contribution in [-0.2, 0) is 16.0 Å². The highest BCUT2D eigenvalue weighted by molar-refractivity contribution is 5.88. The highest BCUT2D eigenvalue weighted by Crippen LogP contribution is 2.24. The SMILES string of the molecule is COc1ccc2c(C)c(CCC(=O)N3CCNC(=O)C3C)c(=O)oc2c1. The van der Waals surface area contributed by atoms with Gasteiger partial charge in [0, 0.05) is 36.5 Å². The molecule has 1 fully saturated rings. The van der Waals surface area contributed by atoms with Crippen LogP contribution in [0.15, 0.2) is 27.4 Å². The lowest BCUT2D eigenvalue weighted by molar-refractivity contribution is -0.142. The number of piperazine rings is 1. The maximum Gasteiger partial charge on any atom is 0.339 e. The Morgan fingerprint density at radius 3 is 2.88 bits per heavy atom. The van der Waals surface area contributed by atoms with Crippen LogP contribution in [0.2, 0.25) is 0 Å². The van der Waals surface area contributed by atoms with Gasteiger partial charge in [0.2, 0.25) is 11.8 Å². The molecule has 2 amide bonds. The van der Waals surface area contributed by atoms with Crippen molar-refractivity contribution >= 4 is 22.8 Å². The summed E-state index contributed by atoms with van der Waals surface area (Å²) in [5.41, 5.74) is 1.31. The van der Waals surface area contributed by atoms with Gasteiger partial charge in [-0.2, -0.15) is 0 Å². The van der Waals surface area contributed by atoms with E-state index < -0.39 is 11.7 Å². The van der Waals surface area contributed by atoms with E-state index >= 15 is 0 Å². The standard InChI is InChI=1S/C19H22N2O5/c1-11-14-5-4-13(25-3)10-16(14)26-19(24)15(11)6-7-17(22)21-9-8-20-18(23)12(21)2/h4-5,10,12H,6-9H2,1-3H3,(H,20,23). The number of hydrogen-bond acceptors (Lipinski definition) is 5. The van der Waals surface area contributed by atoms with E-state index in [1.165, 1.54) is 0 Å². The maximum atomic E-state index is 12.5. The number of aryl methyl sites for hydroxylation is 1. The van der Waals surface area contributed by atoms with Gasteiger partial charge >= 0.3 is 5.63 Å². The number of rotatable bonds is 4. The van der Waals surface area contributed by atoms with Gasteiger partial charge in [0.1, 0.15) is 17.4 Å². The summed E-state index contributed by atoms with van der Waals surface area (Å²) in [6, 6.07) is 4.83. The highest BCUT2D eigenvalue weighted by atomic mass is 16.5. The molecule has 0 spiro atoms. The molecule has 3 rings (SSSR count). The van der Waals surface area contributed by atoms with Crippen LogP contribution in [0.25, 0.3) is 11.0 Å². The minimum atomic E-state index is -0.488. The molecule has 7 heteroatoms. The fourth-order valence-electron chi connectivity index (χ4n) is 3.29. The molecule has 1 unspecified atom stereocenters. The van der Waals surface area contributed by atoms with Crippen LogP contribution in [0.4, 0.5) is 0 Å². The topological polar surface area (TPSA) is 88.9 Å². The Bertz CT molecular complexity index is 918. The second-order valence-electron chi connectivity index (χ2n) is 6.41. The van der Waals surface area contributed by atoms with Crippen molar-refractivity contribution in [2.24, 2.45) is 0 Å². The minimum Gasteiger partial charge on any atom is -0.497 e. The van der Waals surface area contributed by atoms with E-state index in [0.717, 1.165) is 10.9 Å². The summed E-state index contributed by atoms with van der Waals surface area (Å²) in [5, 5.41) is 3.55. The Labute approximate surface area is 150 Å². The molecular weight excluding hydrogens is 336 g/mol. The molecule has 2 aromatic rings. The molecule has 7 nitrogen and oxygen atoms in total. The van der Waals surface area contributed by atoms with E-state index in [2.05, 4.69) is 5.32 Å². The van der Waals surface area contributed by atoms with Gasteiger partial charge in [-0.3, -0.25) is 9.59 Å². The predicted molar refractivity (Wildman–Crippen MR) is 96.3 cm³/mol. The normalized spacial score (nSPS) is 17.3. The van der Waals surface area contributed by atoms with E-state index in [1.807, 2.05) is 13.0 Å². The largest absolute Gasteiger partial charge is 0.497 e. The number of carbonyl (C=O) groups excluding carboxylic acids is 2. The molecule has 1 atom stereocenters.